The van der Waals surface area contributed by atoms with Crippen LogP contribution < -0.4 is 0 Å². The third kappa shape index (κ3) is 4.57. The number of fused-ring (bicyclic) bond motifs is 1. The van der Waals surface area contributed by atoms with E-state index in [4.69, 9.17) is 0 Å². The van der Waals surface area contributed by atoms with Crippen LogP contribution in [0.4, 0.5) is 0 Å². The molecular weight excluding hydrogens is 542 g/mol. The molecule has 8 atom stereocenters. The SMILES string of the molecule is C=CCN(C)C(=O)[C@H]1[C@@H]2SC3(CC2Br)C(C(=O)N(CC=C)C(C)(C)C)N([C@@H](CO)[C@@H](C)CC)C(=O)[C@H]13. The number of rotatable bonds is 10. The summed E-state index contributed by atoms with van der Waals surface area (Å²) in [5.41, 5.74) is -0.492. The van der Waals surface area contributed by atoms with Gasteiger partial charge >= 0.3 is 0 Å². The van der Waals surface area contributed by atoms with Crippen molar-refractivity contribution in [1.29, 1.82) is 0 Å². The van der Waals surface area contributed by atoms with E-state index in [1.54, 1.807) is 45.7 Å². The molecule has 3 unspecified atom stereocenters. The number of halogens is 1. The first-order valence-electron chi connectivity index (χ1n) is 12.8. The van der Waals surface area contributed by atoms with Crippen molar-refractivity contribution in [2.24, 2.45) is 17.8 Å². The lowest BCUT2D eigenvalue weighted by atomic mass is 9.70. The van der Waals surface area contributed by atoms with Crippen LogP contribution in [0.1, 0.15) is 47.5 Å². The fraction of sp³-hybridized carbons (Fsp3) is 0.741. The zero-order valence-corrected chi connectivity index (χ0v) is 24.8. The molecule has 0 aromatic heterocycles. The van der Waals surface area contributed by atoms with Gasteiger partial charge in [-0.15, -0.1) is 24.9 Å². The Morgan fingerprint density at radius 2 is 1.89 bits per heavy atom. The van der Waals surface area contributed by atoms with Crippen molar-refractivity contribution in [1.82, 2.24) is 14.7 Å². The predicted octanol–water partition coefficient (Wildman–Crippen LogP) is 3.32. The van der Waals surface area contributed by atoms with Crippen LogP contribution in [0.15, 0.2) is 25.3 Å². The van der Waals surface area contributed by atoms with Gasteiger partial charge in [0.05, 0.1) is 29.2 Å². The first kappa shape index (κ1) is 29.2. The van der Waals surface area contributed by atoms with Crippen molar-refractivity contribution in [2.75, 3.05) is 26.7 Å². The summed E-state index contributed by atoms with van der Waals surface area (Å²) in [6.07, 6.45) is 4.76. The maximum Gasteiger partial charge on any atom is 0.247 e. The van der Waals surface area contributed by atoms with Gasteiger partial charge in [0.1, 0.15) is 6.04 Å². The summed E-state index contributed by atoms with van der Waals surface area (Å²) in [5, 5.41) is 10.4. The van der Waals surface area contributed by atoms with Crippen molar-refractivity contribution >= 4 is 45.4 Å². The Labute approximate surface area is 228 Å². The number of aliphatic hydroxyl groups excluding tert-OH is 1. The molecule has 9 heteroatoms. The monoisotopic (exact) mass is 583 g/mol. The second kappa shape index (κ2) is 10.8. The van der Waals surface area contributed by atoms with Crippen LogP contribution in [0, 0.1) is 17.8 Å². The summed E-state index contributed by atoms with van der Waals surface area (Å²) in [4.78, 5) is 47.6. The van der Waals surface area contributed by atoms with E-state index in [-0.39, 0.29) is 40.3 Å². The number of alkyl halides is 1. The van der Waals surface area contributed by atoms with E-state index in [1.165, 1.54) is 0 Å². The fourth-order valence-corrected chi connectivity index (χ4v) is 9.90. The van der Waals surface area contributed by atoms with Crippen molar-refractivity contribution in [2.45, 2.75) is 79.9 Å². The highest BCUT2D eigenvalue weighted by molar-refractivity contribution is 9.09. The molecule has 3 fully saturated rings. The third-order valence-corrected chi connectivity index (χ3v) is 11.5. The molecule has 1 N–H and O–H groups in total. The lowest BCUT2D eigenvalue weighted by molar-refractivity contribution is -0.149. The molecule has 3 heterocycles. The molecule has 3 rings (SSSR count). The topological polar surface area (TPSA) is 81.2 Å². The Bertz CT molecular complexity index is 908. The molecule has 0 aromatic carbocycles. The molecule has 7 nitrogen and oxygen atoms in total. The largest absolute Gasteiger partial charge is 0.394 e. The number of carbonyl (C=O) groups is 3. The number of nitrogens with zero attached hydrogens (tertiary/aromatic N) is 3. The highest BCUT2D eigenvalue weighted by atomic mass is 79.9. The molecule has 1 spiro atoms. The molecular formula is C27H42BrN3O4S. The normalized spacial score (nSPS) is 32.7. The van der Waals surface area contributed by atoms with Gasteiger partial charge in [-0.25, -0.2) is 0 Å². The van der Waals surface area contributed by atoms with E-state index in [0.29, 0.717) is 19.5 Å². The third-order valence-electron chi connectivity index (χ3n) is 8.26. The van der Waals surface area contributed by atoms with Crippen LogP contribution in [0.5, 0.6) is 0 Å². The molecule has 36 heavy (non-hydrogen) atoms. The first-order chi connectivity index (χ1) is 16.8. The van der Waals surface area contributed by atoms with Crippen molar-refractivity contribution < 1.29 is 19.5 Å². The number of carbonyl (C=O) groups excluding carboxylic acids is 3. The fourth-order valence-electron chi connectivity index (χ4n) is 6.31. The molecule has 2 bridgehead atoms. The number of amides is 3. The number of likely N-dealkylation sites (N-methyl/N-ethyl adjacent to an activating group) is 1. The van der Waals surface area contributed by atoms with Crippen LogP contribution in [0.25, 0.3) is 0 Å². The molecule has 3 saturated heterocycles. The zero-order chi connectivity index (χ0) is 27.2. The van der Waals surface area contributed by atoms with Gasteiger partial charge in [-0.3, -0.25) is 14.4 Å². The van der Waals surface area contributed by atoms with Crippen LogP contribution in [0.2, 0.25) is 0 Å². The molecule has 0 radical (unpaired) electrons. The molecule has 202 valence electrons. The molecule has 0 aliphatic carbocycles. The van der Waals surface area contributed by atoms with Gasteiger partial charge in [-0.05, 0) is 33.1 Å². The number of hydrogen-bond donors (Lipinski definition) is 1. The average molecular weight is 585 g/mol. The Morgan fingerprint density at radius 3 is 2.39 bits per heavy atom. The van der Waals surface area contributed by atoms with Gasteiger partial charge in [0.2, 0.25) is 17.7 Å². The minimum Gasteiger partial charge on any atom is -0.394 e. The van der Waals surface area contributed by atoms with Crippen molar-refractivity contribution in [3.63, 3.8) is 0 Å². The molecule has 3 amide bonds. The standard InChI is InChI=1S/C27H42BrN3O4S/c1-9-12-29(8)23(33)19-20-24(34)31(18(15-32)16(4)11-3)22(27(20)14-17(28)21(19)36-27)25(35)30(13-10-2)26(5,6)7/h9-10,16-22,32H,1-2,11-15H2,3-8H3/t16-,17?,18-,19+,20-,21+,22?,27?/m0/s1. The lowest BCUT2D eigenvalue weighted by Crippen LogP contribution is -2.61. The maximum absolute atomic E-state index is 14.5. The van der Waals surface area contributed by atoms with Gasteiger partial charge in [-0.2, -0.15) is 0 Å². The second-order valence-electron chi connectivity index (χ2n) is 11.5. The lowest BCUT2D eigenvalue weighted by Gasteiger charge is -2.44. The van der Waals surface area contributed by atoms with E-state index in [9.17, 15) is 19.5 Å². The quantitative estimate of drug-likeness (QED) is 0.315. The summed E-state index contributed by atoms with van der Waals surface area (Å²) < 4.78 is -0.742. The molecule has 3 aliphatic rings. The van der Waals surface area contributed by atoms with Gasteiger partial charge in [0.15, 0.2) is 0 Å². The molecule has 0 saturated carbocycles. The predicted molar refractivity (Wildman–Crippen MR) is 149 cm³/mol. The number of aliphatic hydroxyl groups is 1. The Morgan fingerprint density at radius 1 is 1.28 bits per heavy atom. The van der Waals surface area contributed by atoms with Gasteiger partial charge in [0.25, 0.3) is 0 Å². The first-order valence-corrected chi connectivity index (χ1v) is 14.6. The van der Waals surface area contributed by atoms with Gasteiger partial charge < -0.3 is 19.8 Å². The Kier molecular flexibility index (Phi) is 8.78. The zero-order valence-electron chi connectivity index (χ0n) is 22.4. The Hall–Kier alpha value is -1.32. The van der Waals surface area contributed by atoms with E-state index >= 15 is 0 Å². The minimum absolute atomic E-state index is 0.00606. The number of thioether (sulfide) groups is 1. The van der Waals surface area contributed by atoms with E-state index in [0.717, 1.165) is 6.42 Å². The maximum atomic E-state index is 14.5. The van der Waals surface area contributed by atoms with Crippen LogP contribution in [-0.4, -0.2) is 96.7 Å². The Balaban J connectivity index is 2.19. The smallest absolute Gasteiger partial charge is 0.247 e. The summed E-state index contributed by atoms with van der Waals surface area (Å²) in [6.45, 7) is 18.1. The van der Waals surface area contributed by atoms with E-state index < -0.39 is 34.2 Å². The summed E-state index contributed by atoms with van der Waals surface area (Å²) in [5.74, 6) is -1.57. The number of likely N-dealkylation sites (tertiary alicyclic amines) is 1. The highest BCUT2D eigenvalue weighted by Gasteiger charge is 2.76. The molecule has 3 aliphatic heterocycles. The van der Waals surface area contributed by atoms with Crippen LogP contribution in [0.3, 0.4) is 0 Å². The van der Waals surface area contributed by atoms with Crippen molar-refractivity contribution in [3.8, 4) is 0 Å². The van der Waals surface area contributed by atoms with E-state index in [1.807, 2.05) is 34.6 Å². The van der Waals surface area contributed by atoms with Gasteiger partial charge in [-0.1, -0.05) is 48.4 Å². The highest BCUT2D eigenvalue weighted by Crippen LogP contribution is 2.68. The summed E-state index contributed by atoms with van der Waals surface area (Å²) >= 11 is 5.44. The number of hydrogen-bond acceptors (Lipinski definition) is 5. The van der Waals surface area contributed by atoms with Crippen molar-refractivity contribution in [3.05, 3.63) is 25.3 Å². The van der Waals surface area contributed by atoms with Gasteiger partial charge in [0, 0.05) is 35.8 Å². The summed E-state index contributed by atoms with van der Waals surface area (Å²) in [7, 11) is 1.73. The van der Waals surface area contributed by atoms with Crippen LogP contribution in [-0.2, 0) is 14.4 Å². The van der Waals surface area contributed by atoms with E-state index in [2.05, 4.69) is 29.1 Å². The summed E-state index contributed by atoms with van der Waals surface area (Å²) in [6, 6.07) is -1.27. The molecule has 0 aromatic rings. The average Bonchev–Trinajstić information content (AvgIpc) is 3.40. The van der Waals surface area contributed by atoms with Crippen LogP contribution >= 0.6 is 27.7 Å². The minimum atomic E-state index is -0.766. The second-order valence-corrected chi connectivity index (χ2v) is 14.2.